The van der Waals surface area contributed by atoms with E-state index >= 15 is 0 Å². The topological polar surface area (TPSA) is 0 Å². The Morgan fingerprint density at radius 2 is 0.842 bits per heavy atom. The summed E-state index contributed by atoms with van der Waals surface area (Å²) in [5.74, 6) is 0. The van der Waals surface area contributed by atoms with Crippen LogP contribution in [-0.4, -0.2) is 0 Å². The van der Waals surface area contributed by atoms with Crippen molar-refractivity contribution in [2.24, 2.45) is 0 Å². The Hall–Kier alpha value is -1.08. The summed E-state index contributed by atoms with van der Waals surface area (Å²) < 4.78 is 0. The third kappa shape index (κ3) is 6.45. The molecule has 38 heavy (non-hydrogen) atoms. The van der Waals surface area contributed by atoms with Crippen LogP contribution in [0.15, 0.2) is 72.8 Å². The zero-order valence-electron chi connectivity index (χ0n) is 22.6. The first kappa shape index (κ1) is 29.9. The zero-order chi connectivity index (χ0) is 27.8. The number of fused-ring (bicyclic) bond motifs is 3. The molecule has 0 spiro atoms. The minimum absolute atomic E-state index is 0.0167. The molecule has 5 rings (SSSR count). The van der Waals surface area contributed by atoms with Gasteiger partial charge in [0, 0.05) is 10.0 Å². The van der Waals surface area contributed by atoms with Gasteiger partial charge in [0.1, 0.15) is 0 Å². The summed E-state index contributed by atoms with van der Waals surface area (Å²) in [7, 11) is 9.87. The first-order valence-corrected chi connectivity index (χ1v) is 19.8. The van der Waals surface area contributed by atoms with Gasteiger partial charge in [0.25, 0.3) is 0 Å². The van der Waals surface area contributed by atoms with Gasteiger partial charge in [-0.05, 0) is 121 Å². The Kier molecular flexibility index (Phi) is 9.29. The Balaban J connectivity index is 0.00000107. The van der Waals surface area contributed by atoms with Gasteiger partial charge in [-0.2, -0.15) is 0 Å². The molecule has 0 nitrogen and oxygen atoms in total. The number of benzene rings is 4. The van der Waals surface area contributed by atoms with Crippen molar-refractivity contribution in [3.05, 3.63) is 105 Å². The van der Waals surface area contributed by atoms with E-state index in [2.05, 4.69) is 90.1 Å². The summed E-state index contributed by atoms with van der Waals surface area (Å²) in [6, 6.07) is 26.2. The predicted molar refractivity (Wildman–Crippen MR) is 165 cm³/mol. The molecule has 0 aliphatic heterocycles. The molecule has 0 atom stereocenters. The van der Waals surface area contributed by atoms with Gasteiger partial charge >= 0.3 is 37.9 Å². The van der Waals surface area contributed by atoms with Gasteiger partial charge in [-0.25, -0.2) is 0 Å². The molecule has 0 saturated carbocycles. The van der Waals surface area contributed by atoms with Crippen molar-refractivity contribution in [2.75, 3.05) is 0 Å². The summed E-state index contributed by atoms with van der Waals surface area (Å²) in [6.45, 7) is 13.8. The predicted octanol–water partition coefficient (Wildman–Crippen LogP) is 11.9. The van der Waals surface area contributed by atoms with Gasteiger partial charge in [0.15, 0.2) is 0 Å². The van der Waals surface area contributed by atoms with E-state index in [1.165, 1.54) is 55.6 Å². The van der Waals surface area contributed by atoms with Gasteiger partial charge in [0.2, 0.25) is 0 Å². The van der Waals surface area contributed by atoms with Gasteiger partial charge in [0.05, 0.1) is 0 Å². The molecule has 4 aromatic rings. The number of hydrogen-bond acceptors (Lipinski definition) is 0. The third-order valence-corrected chi connectivity index (χ3v) is 7.59. The maximum atomic E-state index is 6.20. The molecule has 0 radical (unpaired) electrons. The minimum atomic E-state index is -0.826. The SMILES string of the molecule is CC(C)(C)c1cc2c(cc1-c1ccc(Cl)cc1)Cc1cc(-c3ccc(Cl)cc3)c(C(C)(C)C)cc1-2.[Cl][Zr][Cl]. The molecule has 5 heteroatoms. The molecule has 0 fully saturated rings. The second kappa shape index (κ2) is 11.8. The first-order chi connectivity index (χ1) is 17.8. The molecule has 4 aromatic carbocycles. The van der Waals surface area contributed by atoms with Gasteiger partial charge in [-0.15, -0.1) is 0 Å². The fourth-order valence-electron chi connectivity index (χ4n) is 5.27. The Morgan fingerprint density at radius 3 is 1.13 bits per heavy atom. The first-order valence-electron chi connectivity index (χ1n) is 12.7. The molecule has 0 aromatic heterocycles. The Morgan fingerprint density at radius 1 is 0.526 bits per heavy atom. The molecule has 0 saturated heterocycles. The van der Waals surface area contributed by atoms with Crippen LogP contribution in [0, 0.1) is 0 Å². The molecular formula is C33H32Cl4Zr. The molecule has 0 bridgehead atoms. The van der Waals surface area contributed by atoms with Gasteiger partial charge < -0.3 is 0 Å². The van der Waals surface area contributed by atoms with Crippen LogP contribution in [0.5, 0.6) is 0 Å². The average Bonchev–Trinajstić information content (AvgIpc) is 3.19. The van der Waals surface area contributed by atoms with Crippen molar-refractivity contribution < 1.29 is 20.8 Å². The summed E-state index contributed by atoms with van der Waals surface area (Å²) in [5.41, 5.74) is 13.3. The summed E-state index contributed by atoms with van der Waals surface area (Å²) >= 11 is 11.6. The average molecular weight is 662 g/mol. The molecule has 0 amide bonds. The van der Waals surface area contributed by atoms with E-state index < -0.39 is 20.8 Å². The van der Waals surface area contributed by atoms with E-state index in [0.717, 1.165) is 16.5 Å². The second-order valence-corrected chi connectivity index (χ2v) is 16.5. The van der Waals surface area contributed by atoms with Crippen LogP contribution >= 0.6 is 40.2 Å². The van der Waals surface area contributed by atoms with Crippen LogP contribution in [0.1, 0.15) is 63.8 Å². The standard InChI is InChI=1S/C33H32Cl2.2ClH.Zr/c1-32(2,3)30-18-26-22(16-28(30)20-7-11-24(34)12-8-20)15-23-17-29(21-9-13-25(35)14-10-21)31(19-27(23)26)33(4,5)6;;;/h7-14,16-19H,15H2,1-6H3;2*1H;/q;;;+2/p-2. The molecule has 0 heterocycles. The number of halogens is 4. The van der Waals surface area contributed by atoms with E-state index in [1.54, 1.807) is 0 Å². The van der Waals surface area contributed by atoms with Gasteiger partial charge in [-0.3, -0.25) is 0 Å². The molecule has 0 N–H and O–H groups in total. The second-order valence-electron chi connectivity index (χ2n) is 11.9. The van der Waals surface area contributed by atoms with E-state index in [1.807, 2.05) is 24.3 Å². The zero-order valence-corrected chi connectivity index (χ0v) is 28.1. The molecular weight excluding hydrogens is 629 g/mol. The summed E-state index contributed by atoms with van der Waals surface area (Å²) in [4.78, 5) is 0. The fourth-order valence-corrected chi connectivity index (χ4v) is 5.52. The number of rotatable bonds is 2. The molecule has 1 aliphatic rings. The molecule has 0 unspecified atom stereocenters. The van der Waals surface area contributed by atoms with Crippen molar-refractivity contribution in [1.29, 1.82) is 0 Å². The molecule has 1 aliphatic carbocycles. The normalized spacial score (nSPS) is 12.4. The van der Waals surface area contributed by atoms with E-state index in [9.17, 15) is 0 Å². The summed E-state index contributed by atoms with van der Waals surface area (Å²) in [5, 5.41) is 1.54. The van der Waals surface area contributed by atoms with E-state index in [-0.39, 0.29) is 10.8 Å². The van der Waals surface area contributed by atoms with Crippen LogP contribution < -0.4 is 0 Å². The van der Waals surface area contributed by atoms with Crippen molar-refractivity contribution >= 4 is 40.2 Å². The van der Waals surface area contributed by atoms with E-state index in [4.69, 9.17) is 40.2 Å². The van der Waals surface area contributed by atoms with Crippen LogP contribution in [0.25, 0.3) is 33.4 Å². The van der Waals surface area contributed by atoms with Crippen LogP contribution in [0.4, 0.5) is 0 Å². The fraction of sp³-hybridized carbons (Fsp3) is 0.273. The van der Waals surface area contributed by atoms with E-state index in [0.29, 0.717) is 0 Å². The quantitative estimate of drug-likeness (QED) is 0.177. The maximum absolute atomic E-state index is 6.20. The number of hydrogen-bond donors (Lipinski definition) is 0. The van der Waals surface area contributed by atoms with Crippen molar-refractivity contribution in [2.45, 2.75) is 58.8 Å². The van der Waals surface area contributed by atoms with Crippen molar-refractivity contribution in [3.8, 4) is 33.4 Å². The monoisotopic (exact) mass is 658 g/mol. The summed E-state index contributed by atoms with van der Waals surface area (Å²) in [6.07, 6.45) is 0.945. The molecule has 196 valence electrons. The van der Waals surface area contributed by atoms with Crippen LogP contribution in [0.2, 0.25) is 10.0 Å². The Labute approximate surface area is 256 Å². The van der Waals surface area contributed by atoms with Crippen molar-refractivity contribution in [3.63, 3.8) is 0 Å². The third-order valence-electron chi connectivity index (χ3n) is 7.08. The van der Waals surface area contributed by atoms with Gasteiger partial charge in [-0.1, -0.05) is 89.0 Å². The van der Waals surface area contributed by atoms with Crippen molar-refractivity contribution in [1.82, 2.24) is 0 Å². The van der Waals surface area contributed by atoms with Crippen LogP contribution in [-0.2, 0) is 38.1 Å². The van der Waals surface area contributed by atoms with Crippen LogP contribution in [0.3, 0.4) is 0 Å². The Bertz CT molecular complexity index is 1330.